The predicted molar refractivity (Wildman–Crippen MR) is 110 cm³/mol. The first kappa shape index (κ1) is 18.1. The summed E-state index contributed by atoms with van der Waals surface area (Å²) in [5.74, 6) is 1.04. The van der Waals surface area contributed by atoms with Crippen molar-refractivity contribution in [2.45, 2.75) is 0 Å². The quantitative estimate of drug-likeness (QED) is 0.388. The van der Waals surface area contributed by atoms with Gasteiger partial charge in [0.05, 0.1) is 16.4 Å². The fraction of sp³-hybridized carbons (Fsp3) is 0. The van der Waals surface area contributed by atoms with E-state index in [1.54, 1.807) is 22.9 Å². The van der Waals surface area contributed by atoms with E-state index >= 15 is 0 Å². The zero-order valence-corrected chi connectivity index (χ0v) is 16.0. The molecule has 0 spiro atoms. The number of benzene rings is 3. The number of hydrogen-bond acceptors (Lipinski definition) is 3. The molecule has 0 fully saturated rings. The molecule has 0 aliphatic carbocycles. The highest BCUT2D eigenvalue weighted by molar-refractivity contribution is 6.32. The van der Waals surface area contributed by atoms with Crippen molar-refractivity contribution in [3.63, 3.8) is 0 Å². The lowest BCUT2D eigenvalue weighted by molar-refractivity contribution is 0.481. The monoisotopic (exact) mass is 405 g/mol. The predicted octanol–water partition coefficient (Wildman–Crippen LogP) is 6.51. The molecule has 3 aromatic carbocycles. The van der Waals surface area contributed by atoms with Crippen LogP contribution in [-0.4, -0.2) is 9.78 Å². The van der Waals surface area contributed by atoms with Crippen LogP contribution in [-0.2, 0) is 0 Å². The Morgan fingerprint density at radius 2 is 1.64 bits per heavy atom. The molecular formula is C22H13Cl2N3O. The summed E-state index contributed by atoms with van der Waals surface area (Å²) < 4.78 is 7.61. The minimum absolute atomic E-state index is 0.315. The van der Waals surface area contributed by atoms with Gasteiger partial charge in [-0.05, 0) is 66.7 Å². The van der Waals surface area contributed by atoms with E-state index in [9.17, 15) is 5.26 Å². The maximum atomic E-state index is 9.25. The molecule has 28 heavy (non-hydrogen) atoms. The van der Waals surface area contributed by atoms with Crippen LogP contribution in [0, 0.1) is 11.3 Å². The molecule has 0 radical (unpaired) electrons. The van der Waals surface area contributed by atoms with Gasteiger partial charge in [-0.2, -0.15) is 10.4 Å². The number of ether oxygens (including phenoxy) is 1. The third-order valence-electron chi connectivity index (χ3n) is 4.15. The Morgan fingerprint density at radius 3 is 2.36 bits per heavy atom. The van der Waals surface area contributed by atoms with Crippen molar-refractivity contribution in [1.82, 2.24) is 9.78 Å². The number of hydrogen-bond donors (Lipinski definition) is 0. The third-order valence-corrected chi connectivity index (χ3v) is 4.71. The topological polar surface area (TPSA) is 50.8 Å². The molecule has 4 nitrogen and oxygen atoms in total. The summed E-state index contributed by atoms with van der Waals surface area (Å²) in [6.07, 6.45) is 1.90. The molecule has 0 saturated carbocycles. The van der Waals surface area contributed by atoms with Gasteiger partial charge in [-0.15, -0.1) is 0 Å². The Hall–Kier alpha value is -3.26. The maximum absolute atomic E-state index is 9.25. The number of halogens is 2. The highest BCUT2D eigenvalue weighted by Gasteiger charge is 2.09. The Balaban J connectivity index is 1.55. The first-order chi connectivity index (χ1) is 13.6. The van der Waals surface area contributed by atoms with Crippen molar-refractivity contribution in [2.75, 3.05) is 0 Å². The van der Waals surface area contributed by atoms with Gasteiger partial charge in [-0.1, -0.05) is 29.3 Å². The van der Waals surface area contributed by atoms with E-state index in [1.807, 2.05) is 60.8 Å². The fourth-order valence-corrected chi connectivity index (χ4v) is 3.07. The summed E-state index contributed by atoms with van der Waals surface area (Å²) in [6, 6.07) is 24.1. The second-order valence-corrected chi connectivity index (χ2v) is 6.82. The van der Waals surface area contributed by atoms with Gasteiger partial charge in [0.25, 0.3) is 0 Å². The van der Waals surface area contributed by atoms with Gasteiger partial charge in [0.1, 0.15) is 23.1 Å². The van der Waals surface area contributed by atoms with Crippen molar-refractivity contribution < 1.29 is 4.74 Å². The summed E-state index contributed by atoms with van der Waals surface area (Å²) >= 11 is 12.0. The summed E-state index contributed by atoms with van der Waals surface area (Å²) in [5.41, 5.74) is 3.03. The van der Waals surface area contributed by atoms with Crippen molar-refractivity contribution in [1.29, 1.82) is 5.26 Å². The van der Waals surface area contributed by atoms with Gasteiger partial charge < -0.3 is 4.74 Å². The molecule has 0 N–H and O–H groups in total. The van der Waals surface area contributed by atoms with E-state index in [0.29, 0.717) is 27.1 Å². The highest BCUT2D eigenvalue weighted by atomic mass is 35.5. The first-order valence-electron chi connectivity index (χ1n) is 8.42. The number of rotatable bonds is 4. The minimum Gasteiger partial charge on any atom is -0.456 e. The van der Waals surface area contributed by atoms with Crippen molar-refractivity contribution in [3.05, 3.63) is 94.6 Å². The van der Waals surface area contributed by atoms with E-state index < -0.39 is 0 Å². The molecule has 6 heteroatoms. The zero-order chi connectivity index (χ0) is 19.5. The van der Waals surface area contributed by atoms with E-state index in [-0.39, 0.29) is 0 Å². The van der Waals surface area contributed by atoms with Crippen LogP contribution in [0.1, 0.15) is 5.56 Å². The van der Waals surface area contributed by atoms with E-state index in [4.69, 9.17) is 27.9 Å². The molecular weight excluding hydrogens is 393 g/mol. The van der Waals surface area contributed by atoms with Crippen molar-refractivity contribution in [2.24, 2.45) is 0 Å². The van der Waals surface area contributed by atoms with Gasteiger partial charge in [-0.3, -0.25) is 0 Å². The normalized spacial score (nSPS) is 10.5. The van der Waals surface area contributed by atoms with Crippen LogP contribution in [0.15, 0.2) is 79.0 Å². The summed E-state index contributed by atoms with van der Waals surface area (Å²) in [6.45, 7) is 0. The fourth-order valence-electron chi connectivity index (χ4n) is 2.73. The standard InChI is InChI=1S/C22H13Cl2N3O/c23-16-6-8-17(9-7-16)27-13-12-21(26-27)15-4-10-18(11-5-15)28-22-3-1-2-20(24)19(22)14-25/h1-13H. The minimum atomic E-state index is 0.315. The van der Waals surface area contributed by atoms with E-state index in [2.05, 4.69) is 11.2 Å². The van der Waals surface area contributed by atoms with Crippen LogP contribution >= 0.6 is 23.2 Å². The van der Waals surface area contributed by atoms with Gasteiger partial charge >= 0.3 is 0 Å². The molecule has 136 valence electrons. The molecule has 0 saturated heterocycles. The lowest BCUT2D eigenvalue weighted by Gasteiger charge is -2.08. The molecule has 0 aliphatic rings. The van der Waals surface area contributed by atoms with Crippen LogP contribution in [0.5, 0.6) is 11.5 Å². The number of nitriles is 1. The van der Waals surface area contributed by atoms with E-state index in [0.717, 1.165) is 16.9 Å². The van der Waals surface area contributed by atoms with Gasteiger partial charge in [0.15, 0.2) is 0 Å². The van der Waals surface area contributed by atoms with Gasteiger partial charge in [0.2, 0.25) is 0 Å². The average Bonchev–Trinajstić information content (AvgIpc) is 3.19. The SMILES string of the molecule is N#Cc1c(Cl)cccc1Oc1ccc(-c2ccn(-c3ccc(Cl)cc3)n2)cc1. The van der Waals surface area contributed by atoms with Crippen LogP contribution in [0.2, 0.25) is 10.0 Å². The lowest BCUT2D eigenvalue weighted by Crippen LogP contribution is -1.94. The molecule has 0 aliphatic heterocycles. The second-order valence-electron chi connectivity index (χ2n) is 5.97. The Kier molecular flexibility index (Phi) is 5.03. The Labute approximate surface area is 172 Å². The Morgan fingerprint density at radius 1 is 0.893 bits per heavy atom. The van der Waals surface area contributed by atoms with Crippen LogP contribution < -0.4 is 4.74 Å². The van der Waals surface area contributed by atoms with Crippen molar-refractivity contribution in [3.8, 4) is 34.5 Å². The first-order valence-corrected chi connectivity index (χ1v) is 9.18. The van der Waals surface area contributed by atoms with Crippen LogP contribution in [0.25, 0.3) is 16.9 Å². The van der Waals surface area contributed by atoms with Crippen LogP contribution in [0.4, 0.5) is 0 Å². The second kappa shape index (κ2) is 7.77. The third kappa shape index (κ3) is 3.72. The number of aromatic nitrogens is 2. The molecule has 1 aromatic heterocycles. The molecule has 0 bridgehead atoms. The summed E-state index contributed by atoms with van der Waals surface area (Å²) in [7, 11) is 0. The number of nitrogens with zero attached hydrogens (tertiary/aromatic N) is 3. The molecule has 0 amide bonds. The highest BCUT2D eigenvalue weighted by Crippen LogP contribution is 2.31. The summed E-state index contributed by atoms with van der Waals surface area (Å²) in [4.78, 5) is 0. The molecule has 1 heterocycles. The largest absolute Gasteiger partial charge is 0.456 e. The van der Waals surface area contributed by atoms with Gasteiger partial charge in [0, 0.05) is 16.8 Å². The van der Waals surface area contributed by atoms with Crippen molar-refractivity contribution >= 4 is 23.2 Å². The summed E-state index contributed by atoms with van der Waals surface area (Å²) in [5, 5.41) is 14.9. The molecule has 4 aromatic rings. The Bertz CT molecular complexity index is 1160. The maximum Gasteiger partial charge on any atom is 0.146 e. The molecule has 0 atom stereocenters. The zero-order valence-electron chi connectivity index (χ0n) is 14.5. The van der Waals surface area contributed by atoms with Gasteiger partial charge in [-0.25, -0.2) is 4.68 Å². The molecule has 4 rings (SSSR count). The van der Waals surface area contributed by atoms with Crippen LogP contribution in [0.3, 0.4) is 0 Å². The molecule has 0 unspecified atom stereocenters. The lowest BCUT2D eigenvalue weighted by atomic mass is 10.1. The van der Waals surface area contributed by atoms with E-state index in [1.165, 1.54) is 0 Å². The average molecular weight is 406 g/mol. The smallest absolute Gasteiger partial charge is 0.146 e.